The molecular formula is C16H20BrNO. The molecule has 2 rings (SSSR count). The van der Waals surface area contributed by atoms with Crippen molar-refractivity contribution in [3.63, 3.8) is 0 Å². The topological polar surface area (TPSA) is 25.2 Å². The number of halogens is 1. The molecule has 0 aliphatic heterocycles. The van der Waals surface area contributed by atoms with Crippen LogP contribution in [0.25, 0.3) is 0 Å². The van der Waals surface area contributed by atoms with Gasteiger partial charge in [0.15, 0.2) is 0 Å². The third-order valence-electron chi connectivity index (χ3n) is 3.12. The van der Waals surface area contributed by atoms with Crippen molar-refractivity contribution in [1.82, 2.24) is 5.32 Å². The van der Waals surface area contributed by atoms with Gasteiger partial charge in [0.2, 0.25) is 0 Å². The quantitative estimate of drug-likeness (QED) is 0.834. The van der Waals surface area contributed by atoms with Gasteiger partial charge in [-0.05, 0) is 42.8 Å². The molecule has 1 atom stereocenters. The Morgan fingerprint density at radius 2 is 1.84 bits per heavy atom. The Hall–Kier alpha value is -1.06. The van der Waals surface area contributed by atoms with Crippen LogP contribution >= 0.6 is 15.9 Å². The van der Waals surface area contributed by atoms with Crippen LogP contribution in [-0.2, 0) is 6.42 Å². The molecule has 0 radical (unpaired) electrons. The van der Waals surface area contributed by atoms with Gasteiger partial charge < -0.3 is 9.73 Å². The molecule has 1 aromatic carbocycles. The number of rotatable bonds is 6. The minimum Gasteiger partial charge on any atom is -0.464 e. The van der Waals surface area contributed by atoms with E-state index in [1.807, 2.05) is 0 Å². The molecule has 2 nitrogen and oxygen atoms in total. The zero-order chi connectivity index (χ0) is 13.7. The maximum Gasteiger partial charge on any atom is 0.125 e. The van der Waals surface area contributed by atoms with Gasteiger partial charge in [-0.25, -0.2) is 0 Å². The predicted octanol–water partition coefficient (Wildman–Crippen LogP) is 4.69. The van der Waals surface area contributed by atoms with Crippen molar-refractivity contribution in [3.8, 4) is 0 Å². The lowest BCUT2D eigenvalue weighted by Crippen LogP contribution is -2.22. The van der Waals surface area contributed by atoms with Crippen LogP contribution in [-0.4, -0.2) is 6.54 Å². The number of aryl methyl sites for hydroxylation is 1. The van der Waals surface area contributed by atoms with Gasteiger partial charge in [-0.1, -0.05) is 41.9 Å². The van der Waals surface area contributed by atoms with E-state index in [4.69, 9.17) is 4.42 Å². The predicted molar refractivity (Wildman–Crippen MR) is 82.4 cm³/mol. The Morgan fingerprint density at radius 1 is 1.11 bits per heavy atom. The normalized spacial score (nSPS) is 12.6. The number of nitrogens with one attached hydrogen (secondary N) is 1. The van der Waals surface area contributed by atoms with E-state index in [-0.39, 0.29) is 6.04 Å². The van der Waals surface area contributed by atoms with Crippen LogP contribution in [0.5, 0.6) is 0 Å². The van der Waals surface area contributed by atoms with Crippen molar-refractivity contribution < 1.29 is 4.42 Å². The van der Waals surface area contributed by atoms with E-state index < -0.39 is 0 Å². The average molecular weight is 322 g/mol. The van der Waals surface area contributed by atoms with E-state index in [1.165, 1.54) is 5.56 Å². The molecule has 0 saturated heterocycles. The number of benzene rings is 1. The summed E-state index contributed by atoms with van der Waals surface area (Å²) in [7, 11) is 0. The van der Waals surface area contributed by atoms with Crippen LogP contribution in [0.3, 0.4) is 0 Å². The van der Waals surface area contributed by atoms with Crippen LogP contribution in [0.15, 0.2) is 45.3 Å². The van der Waals surface area contributed by atoms with Crippen LogP contribution in [0, 0.1) is 0 Å². The van der Waals surface area contributed by atoms with E-state index in [0.717, 1.165) is 35.4 Å². The van der Waals surface area contributed by atoms with Crippen LogP contribution in [0.4, 0.5) is 0 Å². The molecule has 1 heterocycles. The SMILES string of the molecule is CCCNC(c1ccc(Br)cc1)c1ccc(CC)o1. The summed E-state index contributed by atoms with van der Waals surface area (Å²) in [6, 6.07) is 12.7. The van der Waals surface area contributed by atoms with E-state index in [9.17, 15) is 0 Å². The second-order valence-corrected chi connectivity index (χ2v) is 5.51. The van der Waals surface area contributed by atoms with E-state index in [2.05, 4.69) is 71.5 Å². The highest BCUT2D eigenvalue weighted by Crippen LogP contribution is 2.25. The van der Waals surface area contributed by atoms with Gasteiger partial charge in [0, 0.05) is 10.9 Å². The Bertz CT molecular complexity index is 504. The van der Waals surface area contributed by atoms with Gasteiger partial charge in [-0.15, -0.1) is 0 Å². The molecule has 3 heteroatoms. The first-order valence-electron chi connectivity index (χ1n) is 6.82. The molecule has 0 amide bonds. The highest BCUT2D eigenvalue weighted by Gasteiger charge is 2.16. The lowest BCUT2D eigenvalue weighted by Gasteiger charge is -2.17. The first-order valence-corrected chi connectivity index (χ1v) is 7.61. The van der Waals surface area contributed by atoms with Crippen molar-refractivity contribution in [2.75, 3.05) is 6.54 Å². The summed E-state index contributed by atoms with van der Waals surface area (Å²) in [6.45, 7) is 5.25. The molecule has 0 spiro atoms. The van der Waals surface area contributed by atoms with Gasteiger partial charge in [0.25, 0.3) is 0 Å². The number of hydrogen-bond donors (Lipinski definition) is 1. The van der Waals surface area contributed by atoms with Crippen molar-refractivity contribution in [2.45, 2.75) is 32.7 Å². The molecule has 0 aliphatic rings. The number of hydrogen-bond acceptors (Lipinski definition) is 2. The highest BCUT2D eigenvalue weighted by atomic mass is 79.9. The molecule has 0 saturated carbocycles. The molecule has 1 unspecified atom stereocenters. The van der Waals surface area contributed by atoms with Crippen molar-refractivity contribution in [2.24, 2.45) is 0 Å². The maximum absolute atomic E-state index is 5.90. The smallest absolute Gasteiger partial charge is 0.125 e. The minimum atomic E-state index is 0.133. The molecule has 2 aromatic rings. The summed E-state index contributed by atoms with van der Waals surface area (Å²) in [5.41, 5.74) is 1.23. The lowest BCUT2D eigenvalue weighted by molar-refractivity contribution is 0.422. The van der Waals surface area contributed by atoms with Crippen LogP contribution in [0.1, 0.15) is 43.4 Å². The summed E-state index contributed by atoms with van der Waals surface area (Å²) in [6.07, 6.45) is 2.04. The van der Waals surface area contributed by atoms with Gasteiger partial charge >= 0.3 is 0 Å². The Balaban J connectivity index is 2.26. The number of furan rings is 1. The fraction of sp³-hybridized carbons (Fsp3) is 0.375. The minimum absolute atomic E-state index is 0.133. The second kappa shape index (κ2) is 6.92. The van der Waals surface area contributed by atoms with Crippen molar-refractivity contribution in [1.29, 1.82) is 0 Å². The Morgan fingerprint density at radius 3 is 2.42 bits per heavy atom. The second-order valence-electron chi connectivity index (χ2n) is 4.60. The fourth-order valence-electron chi connectivity index (χ4n) is 2.07. The molecule has 19 heavy (non-hydrogen) atoms. The van der Waals surface area contributed by atoms with E-state index >= 15 is 0 Å². The van der Waals surface area contributed by atoms with E-state index in [0.29, 0.717) is 0 Å². The average Bonchev–Trinajstić information content (AvgIpc) is 2.90. The highest BCUT2D eigenvalue weighted by molar-refractivity contribution is 9.10. The van der Waals surface area contributed by atoms with Gasteiger partial charge in [-0.3, -0.25) is 0 Å². The standard InChI is InChI=1S/C16H20BrNO/c1-3-11-18-16(12-5-7-13(17)8-6-12)15-10-9-14(4-2)19-15/h5-10,16,18H,3-4,11H2,1-2H3. The molecule has 0 aliphatic carbocycles. The largest absolute Gasteiger partial charge is 0.464 e. The molecule has 0 bridgehead atoms. The Kier molecular flexibility index (Phi) is 5.23. The summed E-state index contributed by atoms with van der Waals surface area (Å²) in [4.78, 5) is 0. The Labute approximate surface area is 123 Å². The van der Waals surface area contributed by atoms with Gasteiger partial charge in [-0.2, -0.15) is 0 Å². The fourth-order valence-corrected chi connectivity index (χ4v) is 2.33. The molecule has 102 valence electrons. The summed E-state index contributed by atoms with van der Waals surface area (Å²) < 4.78 is 7.00. The maximum atomic E-state index is 5.90. The molecular weight excluding hydrogens is 302 g/mol. The summed E-state index contributed by atoms with van der Waals surface area (Å²) >= 11 is 3.47. The summed E-state index contributed by atoms with van der Waals surface area (Å²) in [5, 5.41) is 3.55. The molecule has 1 N–H and O–H groups in total. The van der Waals surface area contributed by atoms with Crippen molar-refractivity contribution in [3.05, 3.63) is 58.0 Å². The van der Waals surface area contributed by atoms with Crippen molar-refractivity contribution >= 4 is 15.9 Å². The first kappa shape index (κ1) is 14.4. The zero-order valence-corrected chi connectivity index (χ0v) is 13.0. The monoisotopic (exact) mass is 321 g/mol. The van der Waals surface area contributed by atoms with Gasteiger partial charge in [0.1, 0.15) is 11.5 Å². The zero-order valence-electron chi connectivity index (χ0n) is 11.4. The summed E-state index contributed by atoms with van der Waals surface area (Å²) in [5.74, 6) is 2.03. The van der Waals surface area contributed by atoms with Crippen LogP contribution in [0.2, 0.25) is 0 Å². The third-order valence-corrected chi connectivity index (χ3v) is 3.65. The molecule has 1 aromatic heterocycles. The molecule has 0 fully saturated rings. The van der Waals surface area contributed by atoms with Gasteiger partial charge in [0.05, 0.1) is 6.04 Å². The van der Waals surface area contributed by atoms with E-state index in [1.54, 1.807) is 0 Å². The first-order chi connectivity index (χ1) is 9.24. The third kappa shape index (κ3) is 3.71. The lowest BCUT2D eigenvalue weighted by atomic mass is 10.0. The van der Waals surface area contributed by atoms with Crippen LogP contribution < -0.4 is 5.32 Å².